The van der Waals surface area contributed by atoms with Crippen molar-refractivity contribution in [1.82, 2.24) is 9.55 Å². The molecule has 0 radical (unpaired) electrons. The van der Waals surface area contributed by atoms with Crippen LogP contribution < -0.4 is 0 Å². The molecule has 1 aromatic rings. The zero-order valence-corrected chi connectivity index (χ0v) is 7.70. The number of rotatable bonds is 4. The molecule has 66 valence electrons. The number of hydrogen-bond donors (Lipinski definition) is 0. The monoisotopic (exact) mass is 165 g/mol. The van der Waals surface area contributed by atoms with Crippen molar-refractivity contribution in [3.8, 4) is 0 Å². The number of imidazole rings is 1. The maximum absolute atomic E-state index is 4.26. The lowest BCUT2D eigenvalue weighted by Gasteiger charge is -1.92. The first-order chi connectivity index (χ1) is 5.84. The molecule has 0 aliphatic carbocycles. The third-order valence-corrected chi connectivity index (χ3v) is 1.71. The Labute approximate surface area is 73.2 Å². The van der Waals surface area contributed by atoms with Crippen LogP contribution in [0, 0.1) is 0 Å². The minimum absolute atomic E-state index is 0.906. The fourth-order valence-corrected chi connectivity index (χ4v) is 0.897. The van der Waals surface area contributed by atoms with Crippen LogP contribution in [0.3, 0.4) is 0 Å². The van der Waals surface area contributed by atoms with Crippen LogP contribution in [0.25, 0.3) is 0 Å². The first kappa shape index (κ1) is 8.97. The van der Waals surface area contributed by atoms with Gasteiger partial charge in [0.05, 0.1) is 6.21 Å². The van der Waals surface area contributed by atoms with Gasteiger partial charge < -0.3 is 4.57 Å². The average Bonchev–Trinajstić information content (AvgIpc) is 2.46. The standard InChI is InChI=1S/C9H15N3/c1-3-4-5-10-8-9-11-6-7-12(9)2/h6-8H,3-5H2,1-2H3/b10-8+. The second-order valence-electron chi connectivity index (χ2n) is 2.79. The van der Waals surface area contributed by atoms with Gasteiger partial charge in [0.2, 0.25) is 0 Å². The van der Waals surface area contributed by atoms with Crippen LogP contribution in [0.5, 0.6) is 0 Å². The van der Waals surface area contributed by atoms with Crippen molar-refractivity contribution in [1.29, 1.82) is 0 Å². The first-order valence-corrected chi connectivity index (χ1v) is 4.31. The Morgan fingerprint density at radius 2 is 2.50 bits per heavy atom. The predicted octanol–water partition coefficient (Wildman–Crippen LogP) is 1.64. The molecule has 1 rings (SSSR count). The molecular formula is C9H15N3. The zero-order valence-electron chi connectivity index (χ0n) is 7.70. The lowest BCUT2D eigenvalue weighted by Crippen LogP contribution is -1.95. The van der Waals surface area contributed by atoms with Crippen LogP contribution >= 0.6 is 0 Å². The second-order valence-corrected chi connectivity index (χ2v) is 2.79. The van der Waals surface area contributed by atoms with Crippen molar-refractivity contribution in [2.75, 3.05) is 6.54 Å². The molecule has 0 fully saturated rings. The molecule has 0 bridgehead atoms. The second kappa shape index (κ2) is 4.70. The molecule has 3 nitrogen and oxygen atoms in total. The van der Waals surface area contributed by atoms with Crippen molar-refractivity contribution in [3.05, 3.63) is 18.2 Å². The molecule has 0 N–H and O–H groups in total. The molecule has 1 heterocycles. The number of aryl methyl sites for hydroxylation is 1. The van der Waals surface area contributed by atoms with E-state index in [0.717, 1.165) is 18.8 Å². The van der Waals surface area contributed by atoms with Gasteiger partial charge in [0, 0.05) is 26.0 Å². The Hall–Kier alpha value is -1.12. The third-order valence-electron chi connectivity index (χ3n) is 1.71. The Kier molecular flexibility index (Phi) is 3.51. The summed E-state index contributed by atoms with van der Waals surface area (Å²) in [5.74, 6) is 0.922. The summed E-state index contributed by atoms with van der Waals surface area (Å²) in [6, 6.07) is 0. The highest BCUT2D eigenvalue weighted by Gasteiger charge is 1.91. The van der Waals surface area contributed by atoms with Gasteiger partial charge in [-0.05, 0) is 6.42 Å². The highest BCUT2D eigenvalue weighted by atomic mass is 15.0. The Morgan fingerprint density at radius 1 is 1.67 bits per heavy atom. The normalized spacial score (nSPS) is 11.2. The molecule has 0 amide bonds. The number of aliphatic imine (C=N–C) groups is 1. The average molecular weight is 165 g/mol. The van der Waals surface area contributed by atoms with Gasteiger partial charge in [-0.15, -0.1) is 0 Å². The maximum Gasteiger partial charge on any atom is 0.150 e. The smallest absolute Gasteiger partial charge is 0.150 e. The van der Waals surface area contributed by atoms with Crippen LogP contribution in [0.15, 0.2) is 17.4 Å². The fourth-order valence-electron chi connectivity index (χ4n) is 0.897. The number of hydrogen-bond acceptors (Lipinski definition) is 2. The Morgan fingerprint density at radius 3 is 3.08 bits per heavy atom. The van der Waals surface area contributed by atoms with Crippen molar-refractivity contribution in [2.24, 2.45) is 12.0 Å². The highest BCUT2D eigenvalue weighted by Crippen LogP contribution is 1.91. The van der Waals surface area contributed by atoms with Gasteiger partial charge in [-0.3, -0.25) is 4.99 Å². The summed E-state index contributed by atoms with van der Waals surface area (Å²) in [5, 5.41) is 0. The first-order valence-electron chi connectivity index (χ1n) is 4.31. The van der Waals surface area contributed by atoms with E-state index >= 15 is 0 Å². The highest BCUT2D eigenvalue weighted by molar-refractivity contribution is 5.74. The molecule has 0 saturated carbocycles. The summed E-state index contributed by atoms with van der Waals surface area (Å²) < 4.78 is 1.95. The van der Waals surface area contributed by atoms with E-state index in [1.165, 1.54) is 6.42 Å². The zero-order chi connectivity index (χ0) is 8.81. The van der Waals surface area contributed by atoms with Crippen molar-refractivity contribution >= 4 is 6.21 Å². The van der Waals surface area contributed by atoms with Crippen LogP contribution in [-0.2, 0) is 7.05 Å². The van der Waals surface area contributed by atoms with Gasteiger partial charge in [-0.25, -0.2) is 4.98 Å². The summed E-state index contributed by atoms with van der Waals surface area (Å²) in [6.45, 7) is 3.07. The minimum Gasteiger partial charge on any atom is -0.333 e. The van der Waals surface area contributed by atoms with E-state index in [9.17, 15) is 0 Å². The van der Waals surface area contributed by atoms with Gasteiger partial charge in [-0.1, -0.05) is 13.3 Å². The molecule has 0 atom stereocenters. The Bertz CT molecular complexity index is 250. The van der Waals surface area contributed by atoms with Crippen LogP contribution in [-0.4, -0.2) is 22.3 Å². The van der Waals surface area contributed by atoms with E-state index in [2.05, 4.69) is 16.9 Å². The number of nitrogens with zero attached hydrogens (tertiary/aromatic N) is 3. The third kappa shape index (κ3) is 2.49. The molecule has 0 saturated heterocycles. The molecular weight excluding hydrogens is 150 g/mol. The van der Waals surface area contributed by atoms with Gasteiger partial charge in [0.1, 0.15) is 5.82 Å². The lowest BCUT2D eigenvalue weighted by molar-refractivity contribution is 0.808. The van der Waals surface area contributed by atoms with Crippen molar-refractivity contribution in [3.63, 3.8) is 0 Å². The SMILES string of the molecule is CCCC/N=C/c1nccn1C. The van der Waals surface area contributed by atoms with Gasteiger partial charge in [0.15, 0.2) is 0 Å². The van der Waals surface area contributed by atoms with Gasteiger partial charge in [0.25, 0.3) is 0 Å². The summed E-state index contributed by atoms with van der Waals surface area (Å²) in [4.78, 5) is 8.38. The molecule has 0 aliphatic rings. The number of unbranched alkanes of at least 4 members (excludes halogenated alkanes) is 1. The Balaban J connectivity index is 2.41. The van der Waals surface area contributed by atoms with E-state index in [4.69, 9.17) is 0 Å². The molecule has 0 aliphatic heterocycles. The van der Waals surface area contributed by atoms with E-state index in [1.807, 2.05) is 24.0 Å². The maximum atomic E-state index is 4.26. The topological polar surface area (TPSA) is 30.2 Å². The molecule has 0 spiro atoms. The molecule has 3 heteroatoms. The predicted molar refractivity (Wildman–Crippen MR) is 50.6 cm³/mol. The van der Waals surface area contributed by atoms with Crippen molar-refractivity contribution < 1.29 is 0 Å². The van der Waals surface area contributed by atoms with Crippen LogP contribution in [0.4, 0.5) is 0 Å². The van der Waals surface area contributed by atoms with Gasteiger partial charge in [-0.2, -0.15) is 0 Å². The fraction of sp³-hybridized carbons (Fsp3) is 0.556. The molecule has 12 heavy (non-hydrogen) atoms. The van der Waals surface area contributed by atoms with Crippen LogP contribution in [0.2, 0.25) is 0 Å². The van der Waals surface area contributed by atoms with Crippen molar-refractivity contribution in [2.45, 2.75) is 19.8 Å². The van der Waals surface area contributed by atoms with Crippen LogP contribution in [0.1, 0.15) is 25.6 Å². The lowest BCUT2D eigenvalue weighted by atomic mass is 10.3. The molecule has 1 aromatic heterocycles. The minimum atomic E-state index is 0.906. The summed E-state index contributed by atoms with van der Waals surface area (Å²) in [6.07, 6.45) is 7.87. The molecule has 0 aromatic carbocycles. The molecule has 0 unspecified atom stereocenters. The van der Waals surface area contributed by atoms with E-state index in [0.29, 0.717) is 0 Å². The summed E-state index contributed by atoms with van der Waals surface area (Å²) in [7, 11) is 1.97. The quantitative estimate of drug-likeness (QED) is 0.492. The van der Waals surface area contributed by atoms with E-state index < -0.39 is 0 Å². The van der Waals surface area contributed by atoms with E-state index in [-0.39, 0.29) is 0 Å². The van der Waals surface area contributed by atoms with E-state index in [1.54, 1.807) is 6.20 Å². The van der Waals surface area contributed by atoms with Gasteiger partial charge >= 0.3 is 0 Å². The largest absolute Gasteiger partial charge is 0.333 e. The summed E-state index contributed by atoms with van der Waals surface area (Å²) >= 11 is 0. The number of aromatic nitrogens is 2. The summed E-state index contributed by atoms with van der Waals surface area (Å²) in [5.41, 5.74) is 0.